The molecule has 7 nitrogen and oxygen atoms in total. The highest BCUT2D eigenvalue weighted by Crippen LogP contribution is 2.31. The molecule has 6 rings (SSSR count). The van der Waals surface area contributed by atoms with Gasteiger partial charge in [-0.05, 0) is 61.9 Å². The molecule has 2 aliphatic rings. The average molecular weight is 529 g/mol. The maximum Gasteiger partial charge on any atom is 0.338 e. The standard InChI is InChI=1S/C30H32N4O3S/c1-21-23(12-15-32-16-18-33(19-17-32)25-9-5-11-27-24(25)13-20-38-27)29(35)34-14-6-10-26(28(34)31-21)37-30(36)22-7-3-2-4-8-22/h2-5,7-9,11,13,20,26H,6,10,12,14-19H2,1H3. The van der Waals surface area contributed by atoms with E-state index in [1.54, 1.807) is 28.0 Å². The number of ether oxygens (including phenoxy) is 1. The maximum atomic E-state index is 13.5. The van der Waals surface area contributed by atoms with Crippen molar-refractivity contribution in [2.24, 2.45) is 0 Å². The third-order valence-electron chi connectivity index (χ3n) is 7.76. The fourth-order valence-corrected chi connectivity index (χ4v) is 6.46. The lowest BCUT2D eigenvalue weighted by atomic mass is 10.1. The summed E-state index contributed by atoms with van der Waals surface area (Å²) in [5.41, 5.74) is 3.35. The van der Waals surface area contributed by atoms with Crippen LogP contribution in [0, 0.1) is 6.92 Å². The number of hydrogen-bond donors (Lipinski definition) is 0. The zero-order valence-corrected chi connectivity index (χ0v) is 22.5. The lowest BCUT2D eigenvalue weighted by molar-refractivity contribution is 0.0199. The van der Waals surface area contributed by atoms with Gasteiger partial charge in [0, 0.05) is 66.3 Å². The van der Waals surface area contributed by atoms with Crippen LogP contribution in [-0.2, 0) is 17.7 Å². The molecule has 0 aliphatic carbocycles. The molecular formula is C30H32N4O3S. The number of aryl methyl sites for hydroxylation is 1. The third kappa shape index (κ3) is 4.86. The van der Waals surface area contributed by atoms with Gasteiger partial charge in [-0.25, -0.2) is 9.78 Å². The van der Waals surface area contributed by atoms with Crippen LogP contribution in [0.5, 0.6) is 0 Å². The number of carbonyl (C=O) groups is 1. The monoisotopic (exact) mass is 528 g/mol. The number of anilines is 1. The average Bonchev–Trinajstić information content (AvgIpc) is 3.44. The maximum absolute atomic E-state index is 13.5. The van der Waals surface area contributed by atoms with Crippen LogP contribution < -0.4 is 10.5 Å². The van der Waals surface area contributed by atoms with E-state index < -0.39 is 6.10 Å². The van der Waals surface area contributed by atoms with Gasteiger partial charge in [0.2, 0.25) is 0 Å². The second kappa shape index (κ2) is 10.7. The molecule has 1 unspecified atom stereocenters. The van der Waals surface area contributed by atoms with Crippen molar-refractivity contribution >= 4 is 33.1 Å². The Morgan fingerprint density at radius 2 is 1.84 bits per heavy atom. The summed E-state index contributed by atoms with van der Waals surface area (Å²) in [5, 5.41) is 3.50. The summed E-state index contributed by atoms with van der Waals surface area (Å²) in [4.78, 5) is 35.9. The van der Waals surface area contributed by atoms with E-state index >= 15 is 0 Å². The number of esters is 1. The molecule has 2 aromatic carbocycles. The van der Waals surface area contributed by atoms with Gasteiger partial charge in [0.05, 0.1) is 5.56 Å². The number of fused-ring (bicyclic) bond motifs is 2. The van der Waals surface area contributed by atoms with Crippen molar-refractivity contribution < 1.29 is 9.53 Å². The first-order chi connectivity index (χ1) is 18.6. The van der Waals surface area contributed by atoms with E-state index in [-0.39, 0.29) is 11.5 Å². The van der Waals surface area contributed by atoms with Crippen LogP contribution in [0.15, 0.2) is 64.8 Å². The zero-order valence-electron chi connectivity index (χ0n) is 21.6. The van der Waals surface area contributed by atoms with Crippen LogP contribution in [0.2, 0.25) is 0 Å². The molecule has 0 amide bonds. The summed E-state index contributed by atoms with van der Waals surface area (Å²) in [6, 6.07) is 17.7. The summed E-state index contributed by atoms with van der Waals surface area (Å²) in [7, 11) is 0. The van der Waals surface area contributed by atoms with Crippen molar-refractivity contribution in [3.05, 3.63) is 93.0 Å². The van der Waals surface area contributed by atoms with Gasteiger partial charge in [0.15, 0.2) is 11.9 Å². The second-order valence-electron chi connectivity index (χ2n) is 10.1. The SMILES string of the molecule is Cc1nc2n(c(=O)c1CCN1CCN(c3cccc4sccc34)CC1)CCCC2OC(=O)c1ccccc1. The molecule has 0 N–H and O–H groups in total. The number of hydrogen-bond acceptors (Lipinski definition) is 7. The molecular weight excluding hydrogens is 496 g/mol. The van der Waals surface area contributed by atoms with Crippen LogP contribution >= 0.6 is 11.3 Å². The van der Waals surface area contributed by atoms with Gasteiger partial charge < -0.3 is 9.64 Å². The summed E-state index contributed by atoms with van der Waals surface area (Å²) in [5.74, 6) is 0.192. The van der Waals surface area contributed by atoms with Crippen molar-refractivity contribution in [3.63, 3.8) is 0 Å². The minimum absolute atomic E-state index is 0.00994. The minimum atomic E-state index is -0.502. The molecule has 1 saturated heterocycles. The van der Waals surface area contributed by atoms with E-state index in [1.807, 2.05) is 25.1 Å². The highest BCUT2D eigenvalue weighted by Gasteiger charge is 2.29. The van der Waals surface area contributed by atoms with Gasteiger partial charge in [0.25, 0.3) is 5.56 Å². The number of thiophene rings is 1. The van der Waals surface area contributed by atoms with Gasteiger partial charge in [-0.2, -0.15) is 0 Å². The number of nitrogens with zero attached hydrogens (tertiary/aromatic N) is 4. The molecule has 2 aromatic heterocycles. The fourth-order valence-electron chi connectivity index (χ4n) is 5.65. The lowest BCUT2D eigenvalue weighted by Crippen LogP contribution is -2.47. The second-order valence-corrected chi connectivity index (χ2v) is 11.0. The first-order valence-electron chi connectivity index (χ1n) is 13.4. The van der Waals surface area contributed by atoms with E-state index in [9.17, 15) is 9.59 Å². The van der Waals surface area contributed by atoms with E-state index in [1.165, 1.54) is 15.8 Å². The number of rotatable bonds is 6. The highest BCUT2D eigenvalue weighted by molar-refractivity contribution is 7.17. The van der Waals surface area contributed by atoms with Crippen molar-refractivity contribution in [3.8, 4) is 0 Å². The van der Waals surface area contributed by atoms with Crippen LogP contribution in [0.1, 0.15) is 46.4 Å². The molecule has 4 heterocycles. The predicted octanol–water partition coefficient (Wildman–Crippen LogP) is 4.82. The Balaban J connectivity index is 1.11. The number of aromatic nitrogens is 2. The quantitative estimate of drug-likeness (QED) is 0.334. The summed E-state index contributed by atoms with van der Waals surface area (Å²) in [6.07, 6.45) is 1.63. The molecule has 196 valence electrons. The largest absolute Gasteiger partial charge is 0.451 e. The number of piperazine rings is 1. The van der Waals surface area contributed by atoms with Crippen molar-refractivity contribution in [2.75, 3.05) is 37.6 Å². The lowest BCUT2D eigenvalue weighted by Gasteiger charge is -2.36. The normalized spacial score (nSPS) is 17.9. The van der Waals surface area contributed by atoms with Gasteiger partial charge in [-0.1, -0.05) is 24.3 Å². The Hall–Kier alpha value is -3.49. The van der Waals surface area contributed by atoms with Crippen LogP contribution in [-0.4, -0.2) is 53.1 Å². The Labute approximate surface area is 226 Å². The first kappa shape index (κ1) is 24.8. The van der Waals surface area contributed by atoms with Crippen LogP contribution in [0.3, 0.4) is 0 Å². The molecule has 0 saturated carbocycles. The number of carbonyl (C=O) groups excluding carboxylic acids is 1. The summed E-state index contributed by atoms with van der Waals surface area (Å²) >= 11 is 1.79. The first-order valence-corrected chi connectivity index (χ1v) is 14.3. The molecule has 0 spiro atoms. The molecule has 8 heteroatoms. The molecule has 1 fully saturated rings. The molecule has 4 aromatic rings. The Morgan fingerprint density at radius 1 is 1.03 bits per heavy atom. The van der Waals surface area contributed by atoms with E-state index in [0.717, 1.165) is 50.4 Å². The highest BCUT2D eigenvalue weighted by atomic mass is 32.1. The van der Waals surface area contributed by atoms with Gasteiger partial charge in [-0.3, -0.25) is 14.3 Å². The van der Waals surface area contributed by atoms with E-state index in [0.29, 0.717) is 30.8 Å². The molecule has 0 bridgehead atoms. The fraction of sp³-hybridized carbons (Fsp3) is 0.367. The molecule has 0 radical (unpaired) electrons. The Kier molecular flexibility index (Phi) is 7.00. The smallest absolute Gasteiger partial charge is 0.338 e. The van der Waals surface area contributed by atoms with Crippen molar-refractivity contribution in [1.82, 2.24) is 14.5 Å². The Bertz CT molecular complexity index is 1510. The van der Waals surface area contributed by atoms with Crippen molar-refractivity contribution in [1.29, 1.82) is 0 Å². The molecule has 38 heavy (non-hydrogen) atoms. The van der Waals surface area contributed by atoms with E-state index in [2.05, 4.69) is 39.4 Å². The molecule has 1 atom stereocenters. The van der Waals surface area contributed by atoms with Crippen molar-refractivity contribution in [2.45, 2.75) is 38.8 Å². The van der Waals surface area contributed by atoms with Gasteiger partial charge >= 0.3 is 5.97 Å². The third-order valence-corrected chi connectivity index (χ3v) is 8.64. The molecule has 2 aliphatic heterocycles. The zero-order chi connectivity index (χ0) is 26.1. The van der Waals surface area contributed by atoms with Crippen LogP contribution in [0.25, 0.3) is 10.1 Å². The minimum Gasteiger partial charge on any atom is -0.451 e. The van der Waals surface area contributed by atoms with Crippen LogP contribution in [0.4, 0.5) is 5.69 Å². The number of benzene rings is 2. The summed E-state index contributed by atoms with van der Waals surface area (Å²) < 4.78 is 8.87. The van der Waals surface area contributed by atoms with Gasteiger partial charge in [-0.15, -0.1) is 11.3 Å². The van der Waals surface area contributed by atoms with E-state index in [4.69, 9.17) is 9.72 Å². The predicted molar refractivity (Wildman–Crippen MR) is 151 cm³/mol. The van der Waals surface area contributed by atoms with Gasteiger partial charge in [0.1, 0.15) is 0 Å². The topological polar surface area (TPSA) is 67.7 Å². The summed E-state index contributed by atoms with van der Waals surface area (Å²) in [6.45, 7) is 7.24. The Morgan fingerprint density at radius 3 is 2.66 bits per heavy atom.